The molecule has 0 unspecified atom stereocenters. The molecule has 0 aliphatic rings. The van der Waals surface area contributed by atoms with Crippen molar-refractivity contribution in [2.75, 3.05) is 5.73 Å². The number of nitrogen functional groups attached to an aromatic ring is 1. The maximum atomic E-state index is 8.38. The fraction of sp³-hybridized carbons (Fsp3) is 0. The number of hydrogen-bond acceptors (Lipinski definition) is 3. The van der Waals surface area contributed by atoms with Crippen LogP contribution in [0.1, 0.15) is 5.69 Å². The molecule has 1 aromatic rings. The number of nitrogens with zero attached hydrogens (tertiary/aromatic N) is 1. The second-order valence-corrected chi connectivity index (χ2v) is 2.18. The number of anilines is 1. The highest BCUT2D eigenvalue weighted by Crippen LogP contribution is 2.02. The van der Waals surface area contributed by atoms with Gasteiger partial charge in [0, 0.05) is 0 Å². The Labute approximate surface area is 63.1 Å². The van der Waals surface area contributed by atoms with E-state index >= 15 is 0 Å². The van der Waals surface area contributed by atoms with E-state index in [0.29, 0.717) is 16.0 Å². The summed E-state index contributed by atoms with van der Waals surface area (Å²) >= 11 is 4.78. The van der Waals surface area contributed by atoms with E-state index in [1.54, 1.807) is 12.1 Å². The summed E-state index contributed by atoms with van der Waals surface area (Å²) < 4.78 is 0.416. The van der Waals surface area contributed by atoms with Crippen molar-refractivity contribution in [1.82, 2.24) is 4.98 Å². The highest BCUT2D eigenvalue weighted by Gasteiger charge is 1.90. The SMILES string of the molecule is N#Cc1ccc(N)c(=S)[nH]1. The van der Waals surface area contributed by atoms with Crippen LogP contribution in [0.15, 0.2) is 12.1 Å². The van der Waals surface area contributed by atoms with Crippen LogP contribution in [0.4, 0.5) is 5.69 Å². The molecule has 0 bridgehead atoms. The minimum Gasteiger partial charge on any atom is -0.396 e. The van der Waals surface area contributed by atoms with Gasteiger partial charge in [0.05, 0.1) is 5.69 Å². The van der Waals surface area contributed by atoms with Crippen LogP contribution in [0.25, 0.3) is 0 Å². The van der Waals surface area contributed by atoms with Gasteiger partial charge >= 0.3 is 0 Å². The van der Waals surface area contributed by atoms with Crippen molar-refractivity contribution in [3.8, 4) is 6.07 Å². The number of pyridine rings is 1. The van der Waals surface area contributed by atoms with E-state index in [4.69, 9.17) is 23.2 Å². The first-order valence-electron chi connectivity index (χ1n) is 2.63. The van der Waals surface area contributed by atoms with Crippen LogP contribution in [0.3, 0.4) is 0 Å². The first-order chi connectivity index (χ1) is 4.74. The third kappa shape index (κ3) is 1.14. The van der Waals surface area contributed by atoms with Crippen LogP contribution in [-0.4, -0.2) is 4.98 Å². The zero-order valence-electron chi connectivity index (χ0n) is 5.09. The topological polar surface area (TPSA) is 65.6 Å². The Bertz CT molecular complexity index is 334. The number of aromatic amines is 1. The molecule has 0 aromatic carbocycles. The van der Waals surface area contributed by atoms with Gasteiger partial charge < -0.3 is 10.7 Å². The third-order valence-corrected chi connectivity index (χ3v) is 1.40. The molecule has 1 heterocycles. The van der Waals surface area contributed by atoms with Crippen LogP contribution in [0.5, 0.6) is 0 Å². The number of rotatable bonds is 0. The van der Waals surface area contributed by atoms with Crippen molar-refractivity contribution in [1.29, 1.82) is 5.26 Å². The summed E-state index contributed by atoms with van der Waals surface area (Å²) in [5.41, 5.74) is 6.32. The summed E-state index contributed by atoms with van der Waals surface area (Å²) in [4.78, 5) is 2.65. The largest absolute Gasteiger partial charge is 0.396 e. The molecule has 0 aliphatic heterocycles. The van der Waals surface area contributed by atoms with E-state index in [-0.39, 0.29) is 0 Å². The lowest BCUT2D eigenvalue weighted by Gasteiger charge is -1.91. The predicted octanol–water partition coefficient (Wildman–Crippen LogP) is 1.20. The van der Waals surface area contributed by atoms with Gasteiger partial charge in [-0.3, -0.25) is 0 Å². The molecule has 1 rings (SSSR count). The van der Waals surface area contributed by atoms with Gasteiger partial charge in [0.25, 0.3) is 0 Å². The number of nitrogens with one attached hydrogen (secondary N) is 1. The van der Waals surface area contributed by atoms with Gasteiger partial charge in [0.2, 0.25) is 0 Å². The first-order valence-corrected chi connectivity index (χ1v) is 3.04. The smallest absolute Gasteiger partial charge is 0.127 e. The molecule has 0 saturated heterocycles. The van der Waals surface area contributed by atoms with Crippen molar-refractivity contribution in [3.05, 3.63) is 22.5 Å². The summed E-state index contributed by atoms with van der Waals surface area (Å²) in [6.07, 6.45) is 0. The number of aromatic nitrogens is 1. The Morgan fingerprint density at radius 1 is 1.60 bits per heavy atom. The maximum absolute atomic E-state index is 8.38. The molecule has 0 amide bonds. The monoisotopic (exact) mass is 151 g/mol. The van der Waals surface area contributed by atoms with Gasteiger partial charge in [-0.05, 0) is 12.1 Å². The molecule has 1 aromatic heterocycles. The van der Waals surface area contributed by atoms with Crippen molar-refractivity contribution in [2.45, 2.75) is 0 Å². The summed E-state index contributed by atoms with van der Waals surface area (Å²) in [6, 6.07) is 5.11. The molecule has 10 heavy (non-hydrogen) atoms. The van der Waals surface area contributed by atoms with Gasteiger partial charge in [-0.25, -0.2) is 0 Å². The van der Waals surface area contributed by atoms with Gasteiger partial charge in [-0.1, -0.05) is 12.2 Å². The standard InChI is InChI=1S/C6H5N3S/c7-3-4-1-2-5(8)6(10)9-4/h1-2H,8H2,(H,9,10). The number of H-pyrrole nitrogens is 1. The molecule has 50 valence electrons. The molecular weight excluding hydrogens is 146 g/mol. The van der Waals surface area contributed by atoms with E-state index in [1.807, 2.05) is 6.07 Å². The maximum Gasteiger partial charge on any atom is 0.127 e. The van der Waals surface area contributed by atoms with Crippen LogP contribution in [-0.2, 0) is 0 Å². The summed E-state index contributed by atoms with van der Waals surface area (Å²) in [5.74, 6) is 0. The average molecular weight is 151 g/mol. The average Bonchev–Trinajstić information content (AvgIpc) is 1.95. The Morgan fingerprint density at radius 2 is 2.30 bits per heavy atom. The van der Waals surface area contributed by atoms with E-state index < -0.39 is 0 Å². The number of nitriles is 1. The quantitative estimate of drug-likeness (QED) is 0.547. The molecule has 0 fully saturated rings. The second-order valence-electron chi connectivity index (χ2n) is 1.77. The summed E-state index contributed by atoms with van der Waals surface area (Å²) in [5, 5.41) is 8.38. The van der Waals surface area contributed by atoms with Gasteiger partial charge in [0.15, 0.2) is 0 Å². The van der Waals surface area contributed by atoms with Crippen LogP contribution in [0.2, 0.25) is 0 Å². The summed E-state index contributed by atoms with van der Waals surface area (Å²) in [6.45, 7) is 0. The van der Waals surface area contributed by atoms with E-state index in [0.717, 1.165) is 0 Å². The first kappa shape index (κ1) is 6.78. The lowest BCUT2D eigenvalue weighted by molar-refractivity contribution is 1.24. The predicted molar refractivity (Wildman–Crippen MR) is 40.8 cm³/mol. The second kappa shape index (κ2) is 2.50. The zero-order chi connectivity index (χ0) is 7.56. The fourth-order valence-electron chi connectivity index (χ4n) is 0.550. The lowest BCUT2D eigenvalue weighted by atomic mass is 10.3. The molecule has 0 radical (unpaired) electrons. The highest BCUT2D eigenvalue weighted by atomic mass is 32.1. The van der Waals surface area contributed by atoms with Crippen molar-refractivity contribution < 1.29 is 0 Å². The van der Waals surface area contributed by atoms with Crippen molar-refractivity contribution >= 4 is 17.9 Å². The number of nitrogens with two attached hydrogens (primary N) is 1. The lowest BCUT2D eigenvalue weighted by Crippen LogP contribution is -1.89. The van der Waals surface area contributed by atoms with Crippen LogP contribution < -0.4 is 5.73 Å². The van der Waals surface area contributed by atoms with Gasteiger partial charge in [0.1, 0.15) is 16.4 Å². The molecule has 0 aliphatic carbocycles. The fourth-order valence-corrected chi connectivity index (χ4v) is 0.728. The zero-order valence-corrected chi connectivity index (χ0v) is 5.90. The molecule has 3 nitrogen and oxygen atoms in total. The minimum absolute atomic E-state index is 0.416. The number of hydrogen-bond donors (Lipinski definition) is 2. The molecular formula is C6H5N3S. The summed E-state index contributed by atoms with van der Waals surface area (Å²) in [7, 11) is 0. The van der Waals surface area contributed by atoms with Gasteiger partial charge in [-0.15, -0.1) is 0 Å². The van der Waals surface area contributed by atoms with E-state index in [1.165, 1.54) is 0 Å². The van der Waals surface area contributed by atoms with Crippen LogP contribution >= 0.6 is 12.2 Å². The Balaban J connectivity index is 3.34. The highest BCUT2D eigenvalue weighted by molar-refractivity contribution is 7.71. The third-order valence-electron chi connectivity index (χ3n) is 1.06. The normalized spacial score (nSPS) is 8.70. The van der Waals surface area contributed by atoms with E-state index in [9.17, 15) is 0 Å². The Morgan fingerprint density at radius 3 is 2.80 bits per heavy atom. The molecule has 0 spiro atoms. The van der Waals surface area contributed by atoms with Crippen LogP contribution in [0, 0.1) is 16.0 Å². The van der Waals surface area contributed by atoms with Gasteiger partial charge in [-0.2, -0.15) is 5.26 Å². The molecule has 4 heteroatoms. The van der Waals surface area contributed by atoms with Crippen molar-refractivity contribution in [2.24, 2.45) is 0 Å². The van der Waals surface area contributed by atoms with E-state index in [2.05, 4.69) is 4.98 Å². The molecule has 0 atom stereocenters. The molecule has 3 N–H and O–H groups in total. The molecule has 0 saturated carbocycles. The van der Waals surface area contributed by atoms with Crippen molar-refractivity contribution in [3.63, 3.8) is 0 Å². The Hall–Kier alpha value is -1.34. The Kier molecular flexibility index (Phi) is 1.69. The minimum atomic E-state index is 0.416.